The van der Waals surface area contributed by atoms with Crippen molar-refractivity contribution in [1.82, 2.24) is 4.90 Å². The summed E-state index contributed by atoms with van der Waals surface area (Å²) >= 11 is 5.45. The van der Waals surface area contributed by atoms with Crippen molar-refractivity contribution in [2.45, 2.75) is 13.5 Å². The van der Waals surface area contributed by atoms with Gasteiger partial charge in [0.05, 0.1) is 0 Å². The van der Waals surface area contributed by atoms with Crippen molar-refractivity contribution in [3.05, 3.63) is 35.4 Å². The molecule has 0 aromatic heterocycles. The Morgan fingerprint density at radius 3 is 2.53 bits per heavy atom. The summed E-state index contributed by atoms with van der Waals surface area (Å²) in [5, 5.41) is 8.74. The topological polar surface area (TPSA) is 57.6 Å². The Labute approximate surface area is 105 Å². The fourth-order valence-corrected chi connectivity index (χ4v) is 1.64. The first-order valence-electron chi connectivity index (χ1n) is 5.14. The molecule has 0 aliphatic rings. The quantitative estimate of drug-likeness (QED) is 0.814. The first kappa shape index (κ1) is 13.5. The van der Waals surface area contributed by atoms with Crippen LogP contribution in [0.3, 0.4) is 0 Å². The minimum atomic E-state index is -1.04. The lowest BCUT2D eigenvalue weighted by Gasteiger charge is -2.20. The summed E-state index contributed by atoms with van der Waals surface area (Å²) < 4.78 is 0. The number of nitrogens with zero attached hydrogens (tertiary/aromatic N) is 1. The number of aryl methyl sites for hydroxylation is 1. The second kappa shape index (κ2) is 6.25. The number of aliphatic carboxylic acids is 1. The summed E-state index contributed by atoms with van der Waals surface area (Å²) in [4.78, 5) is 23.4. The number of alkyl halides is 1. The van der Waals surface area contributed by atoms with E-state index >= 15 is 0 Å². The van der Waals surface area contributed by atoms with Crippen LogP contribution in [-0.4, -0.2) is 34.3 Å². The molecule has 1 N–H and O–H groups in total. The van der Waals surface area contributed by atoms with Gasteiger partial charge in [0.1, 0.15) is 12.4 Å². The Morgan fingerprint density at radius 2 is 2.00 bits per heavy atom. The Bertz CT molecular complexity index is 420. The highest BCUT2D eigenvalue weighted by molar-refractivity contribution is 6.27. The fraction of sp³-hybridized carbons (Fsp3) is 0.333. The van der Waals surface area contributed by atoms with Gasteiger partial charge in [0.2, 0.25) is 5.91 Å². The van der Waals surface area contributed by atoms with Crippen LogP contribution in [0, 0.1) is 6.92 Å². The molecule has 0 aliphatic carbocycles. The molecular formula is C12H14ClNO3. The average molecular weight is 256 g/mol. The number of hydrogen-bond acceptors (Lipinski definition) is 2. The predicted octanol–water partition coefficient (Wildman–Crippen LogP) is 1.65. The maximum atomic E-state index is 11.5. The average Bonchev–Trinajstić information content (AvgIpc) is 2.29. The summed E-state index contributed by atoms with van der Waals surface area (Å²) in [6.45, 7) is 1.85. The van der Waals surface area contributed by atoms with Crippen LogP contribution in [0.15, 0.2) is 24.3 Å². The molecule has 4 nitrogen and oxygen atoms in total. The number of carboxylic acid groups (broad SMARTS) is 1. The molecule has 92 valence electrons. The summed E-state index contributed by atoms with van der Waals surface area (Å²) in [7, 11) is 0. The fourth-order valence-electron chi connectivity index (χ4n) is 1.47. The zero-order chi connectivity index (χ0) is 12.8. The van der Waals surface area contributed by atoms with E-state index in [0.717, 1.165) is 11.1 Å². The third-order valence-corrected chi connectivity index (χ3v) is 2.64. The summed E-state index contributed by atoms with van der Waals surface area (Å²) in [6, 6.07) is 7.53. The number of benzene rings is 1. The summed E-state index contributed by atoms with van der Waals surface area (Å²) in [5.41, 5.74) is 1.94. The Balaban J connectivity index is 2.82. The minimum absolute atomic E-state index is 0.209. The van der Waals surface area contributed by atoms with Crippen LogP contribution in [0.4, 0.5) is 0 Å². The van der Waals surface area contributed by atoms with Crippen molar-refractivity contribution in [2.24, 2.45) is 0 Å². The zero-order valence-corrected chi connectivity index (χ0v) is 10.3. The number of carbonyl (C=O) groups excluding carboxylic acids is 1. The second-order valence-corrected chi connectivity index (χ2v) is 3.97. The Hall–Kier alpha value is -1.55. The number of hydrogen-bond donors (Lipinski definition) is 1. The molecule has 17 heavy (non-hydrogen) atoms. The molecule has 1 rings (SSSR count). The summed E-state index contributed by atoms with van der Waals surface area (Å²) in [6.07, 6.45) is 0. The van der Waals surface area contributed by atoms with E-state index in [2.05, 4.69) is 0 Å². The molecule has 0 bridgehead atoms. The van der Waals surface area contributed by atoms with E-state index in [1.165, 1.54) is 4.90 Å². The van der Waals surface area contributed by atoms with Gasteiger partial charge in [-0.1, -0.05) is 24.3 Å². The highest BCUT2D eigenvalue weighted by Gasteiger charge is 2.16. The molecular weight excluding hydrogens is 242 g/mol. The number of amides is 1. The van der Waals surface area contributed by atoms with Crippen molar-refractivity contribution >= 4 is 23.5 Å². The Kier molecular flexibility index (Phi) is 4.97. The molecule has 0 unspecified atom stereocenters. The lowest BCUT2D eigenvalue weighted by molar-refractivity contribution is -0.143. The van der Waals surface area contributed by atoms with E-state index in [1.807, 2.05) is 31.2 Å². The van der Waals surface area contributed by atoms with Gasteiger partial charge in [0, 0.05) is 6.54 Å². The van der Waals surface area contributed by atoms with Crippen LogP contribution < -0.4 is 0 Å². The van der Waals surface area contributed by atoms with Crippen LogP contribution >= 0.6 is 11.6 Å². The van der Waals surface area contributed by atoms with Gasteiger partial charge >= 0.3 is 5.97 Å². The molecule has 0 saturated heterocycles. The number of halogens is 1. The van der Waals surface area contributed by atoms with E-state index in [0.29, 0.717) is 0 Å². The smallest absolute Gasteiger partial charge is 0.323 e. The lowest BCUT2D eigenvalue weighted by Crippen LogP contribution is -2.36. The predicted molar refractivity (Wildman–Crippen MR) is 65.0 cm³/mol. The number of rotatable bonds is 5. The molecule has 0 saturated carbocycles. The monoisotopic (exact) mass is 255 g/mol. The maximum absolute atomic E-state index is 11.5. The molecule has 1 aromatic carbocycles. The molecule has 1 aromatic rings. The lowest BCUT2D eigenvalue weighted by atomic mass is 10.1. The first-order valence-corrected chi connectivity index (χ1v) is 5.68. The van der Waals surface area contributed by atoms with E-state index in [9.17, 15) is 9.59 Å². The van der Waals surface area contributed by atoms with Gasteiger partial charge in [-0.15, -0.1) is 11.6 Å². The largest absolute Gasteiger partial charge is 0.480 e. The van der Waals surface area contributed by atoms with Gasteiger partial charge in [-0.25, -0.2) is 0 Å². The van der Waals surface area contributed by atoms with Crippen molar-refractivity contribution in [2.75, 3.05) is 12.4 Å². The standard InChI is InChI=1S/C12H14ClNO3/c1-9-4-2-3-5-10(9)7-14(8-12(16)17)11(15)6-13/h2-5H,6-8H2,1H3,(H,16,17). The van der Waals surface area contributed by atoms with Crippen LogP contribution in [0.25, 0.3) is 0 Å². The maximum Gasteiger partial charge on any atom is 0.323 e. The molecule has 0 spiro atoms. The highest BCUT2D eigenvalue weighted by atomic mass is 35.5. The van der Waals surface area contributed by atoms with Crippen molar-refractivity contribution in [3.8, 4) is 0 Å². The third-order valence-electron chi connectivity index (χ3n) is 2.42. The van der Waals surface area contributed by atoms with Crippen LogP contribution in [-0.2, 0) is 16.1 Å². The number of carboxylic acids is 1. The normalized spacial score (nSPS) is 10.0. The van der Waals surface area contributed by atoms with Gasteiger partial charge in [-0.2, -0.15) is 0 Å². The van der Waals surface area contributed by atoms with E-state index in [1.54, 1.807) is 0 Å². The van der Waals surface area contributed by atoms with Crippen LogP contribution in [0.2, 0.25) is 0 Å². The van der Waals surface area contributed by atoms with Gasteiger partial charge in [0.25, 0.3) is 0 Å². The van der Waals surface area contributed by atoms with Crippen molar-refractivity contribution in [3.63, 3.8) is 0 Å². The second-order valence-electron chi connectivity index (χ2n) is 3.70. The first-order chi connectivity index (χ1) is 8.04. The minimum Gasteiger partial charge on any atom is -0.480 e. The molecule has 0 aliphatic heterocycles. The van der Waals surface area contributed by atoms with Crippen molar-refractivity contribution < 1.29 is 14.7 Å². The highest BCUT2D eigenvalue weighted by Crippen LogP contribution is 2.10. The van der Waals surface area contributed by atoms with Crippen LogP contribution in [0.5, 0.6) is 0 Å². The molecule has 0 heterocycles. The van der Waals surface area contributed by atoms with E-state index < -0.39 is 5.97 Å². The summed E-state index contributed by atoms with van der Waals surface area (Å²) in [5.74, 6) is -1.63. The molecule has 1 amide bonds. The molecule has 0 fully saturated rings. The van der Waals surface area contributed by atoms with Gasteiger partial charge in [-0.05, 0) is 18.1 Å². The van der Waals surface area contributed by atoms with Crippen molar-refractivity contribution in [1.29, 1.82) is 0 Å². The SMILES string of the molecule is Cc1ccccc1CN(CC(=O)O)C(=O)CCl. The van der Waals surface area contributed by atoms with E-state index in [-0.39, 0.29) is 24.9 Å². The molecule has 0 atom stereocenters. The molecule has 0 radical (unpaired) electrons. The molecule has 5 heteroatoms. The third kappa shape index (κ3) is 4.07. The van der Waals surface area contributed by atoms with Gasteiger partial charge in [-0.3, -0.25) is 9.59 Å². The van der Waals surface area contributed by atoms with E-state index in [4.69, 9.17) is 16.7 Å². The Morgan fingerprint density at radius 1 is 1.35 bits per heavy atom. The zero-order valence-electron chi connectivity index (χ0n) is 9.52. The van der Waals surface area contributed by atoms with Crippen LogP contribution in [0.1, 0.15) is 11.1 Å². The van der Waals surface area contributed by atoms with Gasteiger partial charge < -0.3 is 10.0 Å². The number of carbonyl (C=O) groups is 2. The van der Waals surface area contributed by atoms with Gasteiger partial charge in [0.15, 0.2) is 0 Å².